The van der Waals surface area contributed by atoms with E-state index < -0.39 is 0 Å². The second-order valence-corrected chi connectivity index (χ2v) is 5.28. The third-order valence-electron chi connectivity index (χ3n) is 3.93. The van der Waals surface area contributed by atoms with Crippen LogP contribution in [0.3, 0.4) is 0 Å². The number of Topliss-reactive ketones (excluding diaryl/α,β-unsaturated/α-hetero) is 1. The Hall–Kier alpha value is -2.08. The standard InChI is InChI=1S/C14H12FN3O2/c15-10-3-1-9(2-4-10)7-18-13-12(16-17-18)11(19)5-6-14(13)8-20-14/h1-4H,5-8H2. The monoisotopic (exact) mass is 273 g/mol. The lowest BCUT2D eigenvalue weighted by molar-refractivity contribution is 0.0939. The van der Waals surface area contributed by atoms with Crippen LogP contribution in [0.2, 0.25) is 0 Å². The summed E-state index contributed by atoms with van der Waals surface area (Å²) >= 11 is 0. The van der Waals surface area contributed by atoms with Gasteiger partial charge in [-0.2, -0.15) is 0 Å². The SMILES string of the molecule is O=C1CCC2(CO2)c2c1nnn2Cc1ccc(F)cc1. The Kier molecular flexibility index (Phi) is 2.32. The molecule has 0 bridgehead atoms. The number of halogens is 1. The summed E-state index contributed by atoms with van der Waals surface area (Å²) < 4.78 is 20.2. The van der Waals surface area contributed by atoms with E-state index in [0.717, 1.165) is 11.3 Å². The summed E-state index contributed by atoms with van der Waals surface area (Å²) in [6.07, 6.45) is 1.15. The lowest BCUT2D eigenvalue weighted by atomic mass is 9.89. The number of carbonyl (C=O) groups is 1. The van der Waals surface area contributed by atoms with Crippen molar-refractivity contribution >= 4 is 5.78 Å². The van der Waals surface area contributed by atoms with Crippen molar-refractivity contribution < 1.29 is 13.9 Å². The first-order chi connectivity index (χ1) is 9.68. The van der Waals surface area contributed by atoms with Crippen LogP contribution >= 0.6 is 0 Å². The van der Waals surface area contributed by atoms with Gasteiger partial charge in [-0.1, -0.05) is 17.3 Å². The van der Waals surface area contributed by atoms with Crippen molar-refractivity contribution in [2.45, 2.75) is 25.0 Å². The zero-order valence-electron chi connectivity index (χ0n) is 10.7. The van der Waals surface area contributed by atoms with Gasteiger partial charge in [0.1, 0.15) is 17.1 Å². The Balaban J connectivity index is 1.73. The summed E-state index contributed by atoms with van der Waals surface area (Å²) in [6, 6.07) is 6.23. The highest BCUT2D eigenvalue weighted by Crippen LogP contribution is 2.47. The highest BCUT2D eigenvalue weighted by Gasteiger charge is 2.54. The lowest BCUT2D eigenvalue weighted by Crippen LogP contribution is -2.25. The van der Waals surface area contributed by atoms with Crippen molar-refractivity contribution in [1.82, 2.24) is 15.0 Å². The van der Waals surface area contributed by atoms with Crippen molar-refractivity contribution in [2.24, 2.45) is 0 Å². The second-order valence-electron chi connectivity index (χ2n) is 5.28. The van der Waals surface area contributed by atoms with E-state index in [9.17, 15) is 9.18 Å². The van der Waals surface area contributed by atoms with Gasteiger partial charge in [0.25, 0.3) is 0 Å². The maximum atomic E-state index is 12.9. The summed E-state index contributed by atoms with van der Waals surface area (Å²) in [5.41, 5.74) is 1.74. The van der Waals surface area contributed by atoms with Crippen molar-refractivity contribution in [3.63, 3.8) is 0 Å². The maximum Gasteiger partial charge on any atom is 0.185 e. The Labute approximate surface area is 114 Å². The number of fused-ring (bicyclic) bond motifs is 2. The Morgan fingerprint density at radius 2 is 2.10 bits per heavy atom. The van der Waals surface area contributed by atoms with Gasteiger partial charge in [0, 0.05) is 6.42 Å². The zero-order chi connectivity index (χ0) is 13.7. The fourth-order valence-electron chi connectivity index (χ4n) is 2.75. The van der Waals surface area contributed by atoms with E-state index in [4.69, 9.17) is 4.74 Å². The van der Waals surface area contributed by atoms with Gasteiger partial charge < -0.3 is 4.74 Å². The molecule has 0 radical (unpaired) electrons. The molecule has 0 N–H and O–H groups in total. The Morgan fingerprint density at radius 1 is 1.35 bits per heavy atom. The fourth-order valence-corrected chi connectivity index (χ4v) is 2.75. The number of aromatic nitrogens is 3. The molecule has 2 heterocycles. The van der Waals surface area contributed by atoms with Crippen molar-refractivity contribution in [2.75, 3.05) is 6.61 Å². The van der Waals surface area contributed by atoms with Crippen LogP contribution in [-0.4, -0.2) is 27.4 Å². The number of ether oxygens (including phenoxy) is 1. The minimum Gasteiger partial charge on any atom is -0.363 e. The average molecular weight is 273 g/mol. The van der Waals surface area contributed by atoms with E-state index in [1.807, 2.05) is 0 Å². The maximum absolute atomic E-state index is 12.9. The molecule has 4 rings (SSSR count). The van der Waals surface area contributed by atoms with Gasteiger partial charge in [-0.25, -0.2) is 9.07 Å². The quantitative estimate of drug-likeness (QED) is 0.781. The molecule has 1 fully saturated rings. The highest BCUT2D eigenvalue weighted by molar-refractivity contribution is 5.96. The third kappa shape index (κ3) is 1.68. The minimum absolute atomic E-state index is 0.0199. The largest absolute Gasteiger partial charge is 0.363 e. The summed E-state index contributed by atoms with van der Waals surface area (Å²) in [5, 5.41) is 8.07. The van der Waals surface area contributed by atoms with Crippen LogP contribution in [0.1, 0.15) is 34.6 Å². The van der Waals surface area contributed by atoms with E-state index in [1.54, 1.807) is 16.8 Å². The number of rotatable bonds is 2. The van der Waals surface area contributed by atoms with Crippen LogP contribution in [0.25, 0.3) is 0 Å². The summed E-state index contributed by atoms with van der Waals surface area (Å²) in [6.45, 7) is 1.07. The molecule has 5 nitrogen and oxygen atoms in total. The van der Waals surface area contributed by atoms with Gasteiger partial charge >= 0.3 is 0 Å². The molecule has 102 valence electrons. The molecule has 0 saturated carbocycles. The van der Waals surface area contributed by atoms with Crippen LogP contribution in [0.5, 0.6) is 0 Å². The lowest BCUT2D eigenvalue weighted by Gasteiger charge is -2.18. The molecular formula is C14H12FN3O2. The van der Waals surface area contributed by atoms with Crippen LogP contribution in [0.4, 0.5) is 4.39 Å². The second kappa shape index (κ2) is 3.96. The van der Waals surface area contributed by atoms with Gasteiger partial charge in [-0.3, -0.25) is 4.79 Å². The Morgan fingerprint density at radius 3 is 2.80 bits per heavy atom. The first-order valence-corrected chi connectivity index (χ1v) is 6.53. The highest BCUT2D eigenvalue weighted by atomic mass is 19.1. The number of ketones is 1. The predicted molar refractivity (Wildman–Crippen MR) is 66.7 cm³/mol. The van der Waals surface area contributed by atoms with Crippen molar-refractivity contribution in [3.05, 3.63) is 47.0 Å². The smallest absolute Gasteiger partial charge is 0.185 e. The predicted octanol–water partition coefficient (Wildman–Crippen LogP) is 1.67. The van der Waals surface area contributed by atoms with Crippen molar-refractivity contribution in [3.8, 4) is 0 Å². The first kappa shape index (κ1) is 11.7. The van der Waals surface area contributed by atoms with E-state index >= 15 is 0 Å². The Bertz CT molecular complexity index is 689. The fraction of sp³-hybridized carbons (Fsp3) is 0.357. The molecular weight excluding hydrogens is 261 g/mol. The first-order valence-electron chi connectivity index (χ1n) is 6.53. The number of nitrogens with zero attached hydrogens (tertiary/aromatic N) is 3. The van der Waals surface area contributed by atoms with Gasteiger partial charge in [-0.05, 0) is 24.1 Å². The van der Waals surface area contributed by atoms with Crippen LogP contribution < -0.4 is 0 Å². The van der Waals surface area contributed by atoms with E-state index in [2.05, 4.69) is 10.3 Å². The molecule has 20 heavy (non-hydrogen) atoms. The van der Waals surface area contributed by atoms with E-state index in [1.165, 1.54) is 12.1 Å². The molecule has 1 unspecified atom stereocenters. The molecule has 1 aromatic carbocycles. The van der Waals surface area contributed by atoms with E-state index in [0.29, 0.717) is 31.7 Å². The molecule has 1 saturated heterocycles. The molecule has 2 aliphatic rings. The molecule has 1 aliphatic carbocycles. The molecule has 0 amide bonds. The number of hydrogen-bond acceptors (Lipinski definition) is 4. The summed E-state index contributed by atoms with van der Waals surface area (Å²) in [7, 11) is 0. The average Bonchev–Trinajstić information content (AvgIpc) is 3.09. The van der Waals surface area contributed by atoms with Gasteiger partial charge in [-0.15, -0.1) is 5.10 Å². The molecule has 1 aromatic heterocycles. The van der Waals surface area contributed by atoms with Gasteiger partial charge in [0.15, 0.2) is 11.5 Å². The summed E-state index contributed by atoms with van der Waals surface area (Å²) in [4.78, 5) is 11.9. The van der Waals surface area contributed by atoms with Gasteiger partial charge in [0.2, 0.25) is 0 Å². The number of benzene rings is 1. The zero-order valence-corrected chi connectivity index (χ0v) is 10.7. The number of carbonyl (C=O) groups excluding carboxylic acids is 1. The number of hydrogen-bond donors (Lipinski definition) is 0. The molecule has 1 spiro atoms. The van der Waals surface area contributed by atoms with Gasteiger partial charge in [0.05, 0.1) is 13.2 Å². The van der Waals surface area contributed by atoms with E-state index in [-0.39, 0.29) is 17.2 Å². The minimum atomic E-state index is -0.368. The third-order valence-corrected chi connectivity index (χ3v) is 3.93. The molecule has 6 heteroatoms. The number of epoxide rings is 1. The van der Waals surface area contributed by atoms with Crippen LogP contribution in [0.15, 0.2) is 24.3 Å². The molecule has 2 aromatic rings. The van der Waals surface area contributed by atoms with Crippen LogP contribution in [-0.2, 0) is 16.9 Å². The molecule has 1 atom stereocenters. The normalized spacial score (nSPS) is 23.9. The van der Waals surface area contributed by atoms with Crippen molar-refractivity contribution in [1.29, 1.82) is 0 Å². The van der Waals surface area contributed by atoms with Crippen LogP contribution in [0, 0.1) is 5.82 Å². The topological polar surface area (TPSA) is 60.3 Å². The molecule has 1 aliphatic heterocycles. The summed E-state index contributed by atoms with van der Waals surface area (Å²) in [5.74, 6) is -0.252.